The predicted molar refractivity (Wildman–Crippen MR) is 65.5 cm³/mol. The fourth-order valence-electron chi connectivity index (χ4n) is 1.70. The minimum absolute atomic E-state index is 0.966. The quantitative estimate of drug-likeness (QED) is 0.504. The minimum Gasteiger partial charge on any atom is -0.497 e. The first-order valence-corrected chi connectivity index (χ1v) is 5.51. The summed E-state index contributed by atoms with van der Waals surface area (Å²) in [5, 5.41) is 0. The topological polar surface area (TPSA) is 9.23 Å². The minimum atomic E-state index is 0.966. The molecule has 1 heteroatoms. The van der Waals surface area contributed by atoms with Crippen molar-refractivity contribution in [2.75, 3.05) is 7.11 Å². The van der Waals surface area contributed by atoms with Crippen molar-refractivity contribution in [3.05, 3.63) is 42.0 Å². The predicted octanol–water partition coefficient (Wildman–Crippen LogP) is 3.90. The lowest BCUT2D eigenvalue weighted by Crippen LogP contribution is -1.90. The van der Waals surface area contributed by atoms with E-state index in [0.29, 0.717) is 0 Å². The van der Waals surface area contributed by atoms with Gasteiger partial charge >= 0.3 is 0 Å². The summed E-state index contributed by atoms with van der Waals surface area (Å²) in [6.45, 7) is 5.83. The first-order chi connectivity index (χ1) is 7.26. The van der Waals surface area contributed by atoms with Gasteiger partial charge in [0.1, 0.15) is 5.75 Å². The number of allylic oxidation sites excluding steroid dienone is 1. The first kappa shape index (κ1) is 11.8. The highest BCUT2D eigenvalue weighted by Gasteiger charge is 1.98. The summed E-state index contributed by atoms with van der Waals surface area (Å²) in [6.07, 6.45) is 6.67. The molecular weight excluding hydrogens is 184 g/mol. The highest BCUT2D eigenvalue weighted by atomic mass is 16.5. The van der Waals surface area contributed by atoms with E-state index in [4.69, 9.17) is 4.74 Å². The molecule has 15 heavy (non-hydrogen) atoms. The van der Waals surface area contributed by atoms with Crippen molar-refractivity contribution in [3.63, 3.8) is 0 Å². The van der Waals surface area contributed by atoms with Gasteiger partial charge < -0.3 is 4.74 Å². The van der Waals surface area contributed by atoms with Crippen LogP contribution >= 0.6 is 0 Å². The Bertz CT molecular complexity index is 315. The molecule has 1 aromatic carbocycles. The summed E-state index contributed by atoms with van der Waals surface area (Å²) in [7, 11) is 1.72. The van der Waals surface area contributed by atoms with Crippen molar-refractivity contribution in [2.24, 2.45) is 0 Å². The number of hydrogen-bond donors (Lipinski definition) is 0. The number of unbranched alkanes of at least 4 members (excludes halogenated alkanes) is 2. The molecule has 0 aliphatic carbocycles. The molecule has 1 nitrogen and oxygen atoms in total. The van der Waals surface area contributed by atoms with E-state index in [2.05, 4.69) is 31.7 Å². The maximum atomic E-state index is 5.25. The van der Waals surface area contributed by atoms with Gasteiger partial charge in [-0.2, -0.15) is 0 Å². The van der Waals surface area contributed by atoms with E-state index < -0.39 is 0 Å². The Labute approximate surface area is 92.8 Å². The van der Waals surface area contributed by atoms with Crippen molar-refractivity contribution in [3.8, 4) is 5.75 Å². The standard InChI is InChI=1S/C14H20O/c1-4-5-6-7-8-13-9-12(2)10-14(11-13)15-3/h4,9-11H,1,5-8H2,2-3H3. The van der Waals surface area contributed by atoms with E-state index in [1.54, 1.807) is 7.11 Å². The summed E-state index contributed by atoms with van der Waals surface area (Å²) >= 11 is 0. The van der Waals surface area contributed by atoms with Crippen LogP contribution in [0.1, 0.15) is 30.4 Å². The van der Waals surface area contributed by atoms with Gasteiger partial charge in [0.15, 0.2) is 0 Å². The van der Waals surface area contributed by atoms with Gasteiger partial charge in [0.2, 0.25) is 0 Å². The number of hydrogen-bond acceptors (Lipinski definition) is 1. The summed E-state index contributed by atoms with van der Waals surface area (Å²) in [5.74, 6) is 0.966. The normalized spacial score (nSPS) is 10.0. The van der Waals surface area contributed by atoms with Gasteiger partial charge in [-0.25, -0.2) is 0 Å². The second-order valence-corrected chi connectivity index (χ2v) is 3.89. The van der Waals surface area contributed by atoms with Gasteiger partial charge in [-0.3, -0.25) is 0 Å². The van der Waals surface area contributed by atoms with E-state index >= 15 is 0 Å². The monoisotopic (exact) mass is 204 g/mol. The van der Waals surface area contributed by atoms with Crippen LogP contribution in [0.2, 0.25) is 0 Å². The van der Waals surface area contributed by atoms with Crippen LogP contribution in [0.25, 0.3) is 0 Å². The molecule has 0 spiro atoms. The van der Waals surface area contributed by atoms with Crippen LogP contribution in [-0.4, -0.2) is 7.11 Å². The average Bonchev–Trinajstić information content (AvgIpc) is 2.23. The molecule has 1 aromatic rings. The average molecular weight is 204 g/mol. The maximum Gasteiger partial charge on any atom is 0.119 e. The van der Waals surface area contributed by atoms with Gasteiger partial charge in [-0.1, -0.05) is 12.1 Å². The number of benzene rings is 1. The molecule has 0 aromatic heterocycles. The molecular formula is C14H20O. The van der Waals surface area contributed by atoms with E-state index in [-0.39, 0.29) is 0 Å². The molecule has 0 saturated carbocycles. The summed E-state index contributed by atoms with van der Waals surface area (Å²) in [5.41, 5.74) is 2.64. The molecule has 0 saturated heterocycles. The highest BCUT2D eigenvalue weighted by molar-refractivity contribution is 5.33. The zero-order chi connectivity index (χ0) is 11.1. The fraction of sp³-hybridized carbons (Fsp3) is 0.429. The van der Waals surface area contributed by atoms with Crippen molar-refractivity contribution in [2.45, 2.75) is 32.6 Å². The van der Waals surface area contributed by atoms with Crippen molar-refractivity contribution < 1.29 is 4.74 Å². The Hall–Kier alpha value is -1.24. The summed E-state index contributed by atoms with van der Waals surface area (Å²) in [6, 6.07) is 6.42. The largest absolute Gasteiger partial charge is 0.497 e. The van der Waals surface area contributed by atoms with Crippen molar-refractivity contribution >= 4 is 0 Å². The van der Waals surface area contributed by atoms with Crippen LogP contribution in [0, 0.1) is 6.92 Å². The SMILES string of the molecule is C=CCCCCc1cc(C)cc(OC)c1. The van der Waals surface area contributed by atoms with Gasteiger partial charge in [-0.05, 0) is 55.9 Å². The second-order valence-electron chi connectivity index (χ2n) is 3.89. The molecule has 0 N–H and O–H groups in total. The third-order valence-electron chi connectivity index (χ3n) is 2.47. The maximum absolute atomic E-state index is 5.25. The van der Waals surface area contributed by atoms with Crippen LogP contribution in [0.4, 0.5) is 0 Å². The zero-order valence-corrected chi connectivity index (χ0v) is 9.75. The second kappa shape index (κ2) is 6.28. The Morgan fingerprint density at radius 1 is 1.27 bits per heavy atom. The van der Waals surface area contributed by atoms with Crippen LogP contribution < -0.4 is 4.74 Å². The van der Waals surface area contributed by atoms with Gasteiger partial charge in [0, 0.05) is 0 Å². The molecule has 0 radical (unpaired) electrons. The molecule has 82 valence electrons. The zero-order valence-electron chi connectivity index (χ0n) is 9.75. The Balaban J connectivity index is 2.52. The smallest absolute Gasteiger partial charge is 0.119 e. The van der Waals surface area contributed by atoms with Gasteiger partial charge in [0.25, 0.3) is 0 Å². The molecule has 0 aliphatic rings. The fourth-order valence-corrected chi connectivity index (χ4v) is 1.70. The Morgan fingerprint density at radius 2 is 2.07 bits per heavy atom. The number of methoxy groups -OCH3 is 1. The van der Waals surface area contributed by atoms with E-state index in [0.717, 1.165) is 18.6 Å². The molecule has 0 amide bonds. The highest BCUT2D eigenvalue weighted by Crippen LogP contribution is 2.18. The summed E-state index contributed by atoms with van der Waals surface area (Å²) < 4.78 is 5.25. The van der Waals surface area contributed by atoms with Gasteiger partial charge in [0.05, 0.1) is 7.11 Å². The molecule has 0 fully saturated rings. The third kappa shape index (κ3) is 4.20. The molecule has 0 unspecified atom stereocenters. The van der Waals surface area contributed by atoms with Crippen LogP contribution in [-0.2, 0) is 6.42 Å². The van der Waals surface area contributed by atoms with Crippen molar-refractivity contribution in [1.82, 2.24) is 0 Å². The van der Waals surface area contributed by atoms with E-state index in [1.165, 1.54) is 24.0 Å². The third-order valence-corrected chi connectivity index (χ3v) is 2.47. The van der Waals surface area contributed by atoms with Crippen LogP contribution in [0.5, 0.6) is 5.75 Å². The molecule has 0 aliphatic heterocycles. The molecule has 0 bridgehead atoms. The number of rotatable bonds is 6. The van der Waals surface area contributed by atoms with Crippen LogP contribution in [0.3, 0.4) is 0 Å². The molecule has 1 rings (SSSR count). The molecule has 0 atom stereocenters. The number of aryl methyl sites for hydroxylation is 2. The van der Waals surface area contributed by atoms with Crippen molar-refractivity contribution in [1.29, 1.82) is 0 Å². The lowest BCUT2D eigenvalue weighted by Gasteiger charge is -2.06. The van der Waals surface area contributed by atoms with E-state index in [1.807, 2.05) is 6.08 Å². The lowest BCUT2D eigenvalue weighted by molar-refractivity contribution is 0.414. The summed E-state index contributed by atoms with van der Waals surface area (Å²) in [4.78, 5) is 0. The lowest BCUT2D eigenvalue weighted by atomic mass is 10.0. The van der Waals surface area contributed by atoms with E-state index in [9.17, 15) is 0 Å². The van der Waals surface area contributed by atoms with Crippen LogP contribution in [0.15, 0.2) is 30.9 Å². The Morgan fingerprint density at radius 3 is 2.73 bits per heavy atom. The first-order valence-electron chi connectivity index (χ1n) is 5.51. The number of ether oxygens (including phenoxy) is 1. The van der Waals surface area contributed by atoms with Gasteiger partial charge in [-0.15, -0.1) is 6.58 Å². The Kier molecular flexibility index (Phi) is 4.96. The molecule has 0 heterocycles.